The van der Waals surface area contributed by atoms with Crippen molar-refractivity contribution in [3.05, 3.63) is 0 Å². The van der Waals surface area contributed by atoms with Crippen molar-refractivity contribution >= 4 is 0 Å². The van der Waals surface area contributed by atoms with Gasteiger partial charge in [0.2, 0.25) is 0 Å². The molecule has 1 aliphatic rings. The van der Waals surface area contributed by atoms with E-state index in [0.717, 1.165) is 45.2 Å². The fourth-order valence-corrected chi connectivity index (χ4v) is 1.38. The Morgan fingerprint density at radius 1 is 1.50 bits per heavy atom. The van der Waals surface area contributed by atoms with Crippen LogP contribution in [0.1, 0.15) is 26.2 Å². The van der Waals surface area contributed by atoms with Crippen LogP contribution in [0.5, 0.6) is 0 Å². The number of nitrogens with one attached hydrogen (secondary N) is 1. The van der Waals surface area contributed by atoms with Crippen molar-refractivity contribution in [1.82, 2.24) is 5.32 Å². The lowest BCUT2D eigenvalue weighted by Gasteiger charge is -2.12. The van der Waals surface area contributed by atoms with Crippen molar-refractivity contribution < 1.29 is 4.74 Å². The molecule has 1 rings (SSSR count). The van der Waals surface area contributed by atoms with Crippen LogP contribution in [0.3, 0.4) is 0 Å². The second kappa shape index (κ2) is 7.21. The van der Waals surface area contributed by atoms with E-state index in [1.165, 1.54) is 12.8 Å². The summed E-state index contributed by atoms with van der Waals surface area (Å²) in [5.41, 5.74) is 5.60. The van der Waals surface area contributed by atoms with Gasteiger partial charge in [0.05, 0.1) is 6.61 Å². The van der Waals surface area contributed by atoms with Gasteiger partial charge in [-0.1, -0.05) is 13.3 Å². The molecular weight excluding hydrogens is 176 g/mol. The first-order valence-electron chi connectivity index (χ1n) is 5.85. The highest BCUT2D eigenvalue weighted by atomic mass is 16.5. The zero-order valence-corrected chi connectivity index (χ0v) is 9.30. The minimum absolute atomic E-state index is 0.624. The van der Waals surface area contributed by atoms with E-state index >= 15 is 0 Å². The Morgan fingerprint density at radius 2 is 2.29 bits per heavy atom. The first-order chi connectivity index (χ1) is 6.86. The predicted molar refractivity (Wildman–Crippen MR) is 59.2 cm³/mol. The van der Waals surface area contributed by atoms with Gasteiger partial charge in [0.15, 0.2) is 0 Å². The highest BCUT2D eigenvalue weighted by molar-refractivity contribution is 4.72. The van der Waals surface area contributed by atoms with Crippen molar-refractivity contribution in [2.24, 2.45) is 17.6 Å². The third-order valence-corrected chi connectivity index (χ3v) is 2.82. The van der Waals surface area contributed by atoms with Gasteiger partial charge >= 0.3 is 0 Å². The molecule has 0 bridgehead atoms. The van der Waals surface area contributed by atoms with Gasteiger partial charge in [-0.05, 0) is 37.8 Å². The van der Waals surface area contributed by atoms with Gasteiger partial charge in [0.1, 0.15) is 0 Å². The van der Waals surface area contributed by atoms with Crippen LogP contribution in [0, 0.1) is 11.8 Å². The summed E-state index contributed by atoms with van der Waals surface area (Å²) in [7, 11) is 0. The topological polar surface area (TPSA) is 47.3 Å². The van der Waals surface area contributed by atoms with Crippen LogP contribution in [0.4, 0.5) is 0 Å². The molecule has 84 valence electrons. The summed E-state index contributed by atoms with van der Waals surface area (Å²) in [6.45, 7) is 6.77. The zero-order valence-electron chi connectivity index (χ0n) is 9.30. The van der Waals surface area contributed by atoms with Crippen LogP contribution in [0.15, 0.2) is 0 Å². The maximum absolute atomic E-state index is 5.60. The number of ether oxygens (including phenoxy) is 1. The number of nitrogens with two attached hydrogens (primary N) is 1. The molecule has 1 saturated carbocycles. The first-order valence-corrected chi connectivity index (χ1v) is 5.85. The Balaban J connectivity index is 1.78. The smallest absolute Gasteiger partial charge is 0.0591 e. The van der Waals surface area contributed by atoms with E-state index in [1.54, 1.807) is 0 Å². The summed E-state index contributed by atoms with van der Waals surface area (Å²) in [5, 5.41) is 3.38. The van der Waals surface area contributed by atoms with E-state index in [-0.39, 0.29) is 0 Å². The van der Waals surface area contributed by atoms with Crippen LogP contribution < -0.4 is 11.1 Å². The van der Waals surface area contributed by atoms with E-state index in [2.05, 4.69) is 12.2 Å². The summed E-state index contributed by atoms with van der Waals surface area (Å²) >= 11 is 0. The molecule has 0 saturated heterocycles. The molecule has 1 fully saturated rings. The molecule has 0 radical (unpaired) electrons. The molecule has 1 unspecified atom stereocenters. The molecule has 14 heavy (non-hydrogen) atoms. The second-order valence-electron chi connectivity index (χ2n) is 4.23. The molecule has 0 aromatic heterocycles. The van der Waals surface area contributed by atoms with Crippen LogP contribution in [-0.4, -0.2) is 32.8 Å². The largest absolute Gasteiger partial charge is 0.380 e. The molecule has 3 nitrogen and oxygen atoms in total. The highest BCUT2D eigenvalue weighted by Gasteiger charge is 2.20. The maximum Gasteiger partial charge on any atom is 0.0591 e. The molecule has 0 heterocycles. The molecule has 0 aromatic rings. The van der Waals surface area contributed by atoms with Crippen molar-refractivity contribution in [2.45, 2.75) is 26.2 Å². The summed E-state index contributed by atoms with van der Waals surface area (Å²) < 4.78 is 5.51. The Morgan fingerprint density at radius 3 is 2.86 bits per heavy atom. The maximum atomic E-state index is 5.60. The van der Waals surface area contributed by atoms with Crippen LogP contribution in [-0.2, 0) is 4.74 Å². The van der Waals surface area contributed by atoms with E-state index in [9.17, 15) is 0 Å². The molecule has 3 heteroatoms. The molecule has 0 aliphatic heterocycles. The Hall–Kier alpha value is -0.120. The summed E-state index contributed by atoms with van der Waals surface area (Å²) in [6, 6.07) is 0. The van der Waals surface area contributed by atoms with Crippen molar-refractivity contribution in [1.29, 1.82) is 0 Å². The van der Waals surface area contributed by atoms with Gasteiger partial charge in [-0.2, -0.15) is 0 Å². The fraction of sp³-hybridized carbons (Fsp3) is 1.00. The molecule has 3 N–H and O–H groups in total. The minimum atomic E-state index is 0.624. The number of rotatable bonds is 9. The zero-order chi connectivity index (χ0) is 10.2. The Kier molecular flexibility index (Phi) is 6.15. The van der Waals surface area contributed by atoms with Gasteiger partial charge in [-0.15, -0.1) is 0 Å². The van der Waals surface area contributed by atoms with Crippen LogP contribution in [0.2, 0.25) is 0 Å². The highest BCUT2D eigenvalue weighted by Crippen LogP contribution is 2.28. The van der Waals surface area contributed by atoms with Crippen LogP contribution in [0.25, 0.3) is 0 Å². The minimum Gasteiger partial charge on any atom is -0.380 e. The average molecular weight is 200 g/mol. The molecule has 0 spiro atoms. The molecule has 1 aliphatic carbocycles. The third-order valence-electron chi connectivity index (χ3n) is 2.82. The Bertz CT molecular complexity index is 133. The number of hydrogen-bond acceptors (Lipinski definition) is 3. The fourth-order valence-electron chi connectivity index (χ4n) is 1.38. The van der Waals surface area contributed by atoms with Gasteiger partial charge in [0, 0.05) is 13.2 Å². The first kappa shape index (κ1) is 12.0. The normalized spacial score (nSPS) is 18.4. The second-order valence-corrected chi connectivity index (χ2v) is 4.23. The Labute approximate surface area is 87.4 Å². The van der Waals surface area contributed by atoms with Gasteiger partial charge in [-0.25, -0.2) is 0 Å². The average Bonchev–Trinajstić information content (AvgIpc) is 3.01. The standard InChI is InChI=1S/C11H24N2O/c1-2-10(7-12)8-13-5-6-14-9-11-3-4-11/h10-11,13H,2-9,12H2,1H3. The van der Waals surface area contributed by atoms with E-state index < -0.39 is 0 Å². The molecular formula is C11H24N2O. The summed E-state index contributed by atoms with van der Waals surface area (Å²) in [5.74, 6) is 1.50. The van der Waals surface area contributed by atoms with Crippen molar-refractivity contribution in [3.8, 4) is 0 Å². The van der Waals surface area contributed by atoms with Gasteiger partial charge < -0.3 is 15.8 Å². The lowest BCUT2D eigenvalue weighted by atomic mass is 10.1. The monoisotopic (exact) mass is 200 g/mol. The molecule has 0 amide bonds. The summed E-state index contributed by atoms with van der Waals surface area (Å²) in [6.07, 6.45) is 3.91. The van der Waals surface area contributed by atoms with E-state index in [0.29, 0.717) is 5.92 Å². The quantitative estimate of drug-likeness (QED) is 0.546. The predicted octanol–water partition coefficient (Wildman–Crippen LogP) is 0.987. The summed E-state index contributed by atoms with van der Waals surface area (Å²) in [4.78, 5) is 0. The molecule has 0 aromatic carbocycles. The lowest BCUT2D eigenvalue weighted by molar-refractivity contribution is 0.125. The van der Waals surface area contributed by atoms with Gasteiger partial charge in [-0.3, -0.25) is 0 Å². The van der Waals surface area contributed by atoms with E-state index in [1.807, 2.05) is 0 Å². The molecule has 1 atom stereocenters. The number of hydrogen-bond donors (Lipinski definition) is 2. The SMILES string of the molecule is CCC(CN)CNCCOCC1CC1. The van der Waals surface area contributed by atoms with Crippen molar-refractivity contribution in [2.75, 3.05) is 32.8 Å². The van der Waals surface area contributed by atoms with Crippen molar-refractivity contribution in [3.63, 3.8) is 0 Å². The van der Waals surface area contributed by atoms with Crippen LogP contribution >= 0.6 is 0 Å². The van der Waals surface area contributed by atoms with Gasteiger partial charge in [0.25, 0.3) is 0 Å². The lowest BCUT2D eigenvalue weighted by Crippen LogP contribution is -2.30. The third kappa shape index (κ3) is 5.58. The van der Waals surface area contributed by atoms with E-state index in [4.69, 9.17) is 10.5 Å².